The highest BCUT2D eigenvalue weighted by Gasteiger charge is 2.18. The van der Waals surface area contributed by atoms with E-state index in [-0.39, 0.29) is 11.9 Å². The molecule has 4 N–H and O–H groups in total. The Labute approximate surface area is 222 Å². The van der Waals surface area contributed by atoms with Crippen LogP contribution in [0.3, 0.4) is 0 Å². The number of halogens is 1. The average Bonchev–Trinajstić information content (AvgIpc) is 3.57. The van der Waals surface area contributed by atoms with Gasteiger partial charge in [0.2, 0.25) is 0 Å². The minimum atomic E-state index is -0.521. The summed E-state index contributed by atoms with van der Waals surface area (Å²) in [6, 6.07) is 11.7. The average molecular weight is 522 g/mol. The maximum Gasteiger partial charge on any atom is 0.138 e. The standard InChI is InChI=1S/C29H24FN7O2/c30-18-7-16(8-19(38)10-18)23-14-33-15-27-22(23)11-26(34-27)29-28-25(36-37-29)2-1-24(35-28)17-9-21(13-32-12-17)39-20-3-5-31-6-4-20/h1-2,7-15,20,31,34,38H,3-6H2,(H,36,37). The van der Waals surface area contributed by atoms with Crippen LogP contribution in [0.4, 0.5) is 4.39 Å². The molecule has 39 heavy (non-hydrogen) atoms. The molecule has 1 saturated heterocycles. The highest BCUT2D eigenvalue weighted by molar-refractivity contribution is 6.00. The smallest absolute Gasteiger partial charge is 0.138 e. The maximum absolute atomic E-state index is 14.0. The Bertz CT molecular complexity index is 1800. The Morgan fingerprint density at radius 3 is 2.64 bits per heavy atom. The zero-order chi connectivity index (χ0) is 26.3. The molecule has 10 heteroatoms. The molecule has 1 aliphatic heterocycles. The fraction of sp³-hybridized carbons (Fsp3) is 0.172. The lowest BCUT2D eigenvalue weighted by Gasteiger charge is -2.23. The molecule has 0 amide bonds. The number of fused-ring (bicyclic) bond motifs is 2. The summed E-state index contributed by atoms with van der Waals surface area (Å²) < 4.78 is 20.2. The molecule has 7 rings (SSSR count). The van der Waals surface area contributed by atoms with Crippen molar-refractivity contribution < 1.29 is 14.2 Å². The van der Waals surface area contributed by atoms with Crippen LogP contribution in [0, 0.1) is 5.82 Å². The highest BCUT2D eigenvalue weighted by Crippen LogP contribution is 2.35. The van der Waals surface area contributed by atoms with Crippen LogP contribution in [0.25, 0.3) is 55.7 Å². The van der Waals surface area contributed by atoms with E-state index in [0.717, 1.165) is 71.1 Å². The van der Waals surface area contributed by atoms with Gasteiger partial charge in [0.15, 0.2) is 0 Å². The third-order valence-electron chi connectivity index (χ3n) is 7.00. The van der Waals surface area contributed by atoms with Gasteiger partial charge in [-0.05, 0) is 67.9 Å². The molecular weight excluding hydrogens is 497 g/mol. The summed E-state index contributed by atoms with van der Waals surface area (Å²) in [5, 5.41) is 21.7. The molecule has 0 bridgehead atoms. The van der Waals surface area contributed by atoms with Gasteiger partial charge in [0.25, 0.3) is 0 Å². The summed E-state index contributed by atoms with van der Waals surface area (Å²) in [7, 11) is 0. The Hall–Kier alpha value is -4.83. The van der Waals surface area contributed by atoms with Crippen LogP contribution in [0.15, 0.2) is 67.3 Å². The first kappa shape index (κ1) is 23.3. The van der Waals surface area contributed by atoms with E-state index in [1.54, 1.807) is 24.8 Å². The molecule has 0 saturated carbocycles. The lowest BCUT2D eigenvalue weighted by atomic mass is 10.0. The molecule has 1 fully saturated rings. The summed E-state index contributed by atoms with van der Waals surface area (Å²) in [4.78, 5) is 17.0. The van der Waals surface area contributed by atoms with Crippen LogP contribution in [0.1, 0.15) is 12.8 Å². The molecular formula is C29H24FN7O2. The number of aromatic amines is 2. The lowest BCUT2D eigenvalue weighted by Crippen LogP contribution is -2.34. The first-order valence-corrected chi connectivity index (χ1v) is 12.8. The zero-order valence-corrected chi connectivity index (χ0v) is 20.8. The van der Waals surface area contributed by atoms with Crippen LogP contribution >= 0.6 is 0 Å². The number of nitrogens with zero attached hydrogens (tertiary/aromatic N) is 4. The van der Waals surface area contributed by atoms with Gasteiger partial charge in [0.05, 0.1) is 34.8 Å². The Morgan fingerprint density at radius 2 is 1.77 bits per heavy atom. The Balaban J connectivity index is 1.26. The van der Waals surface area contributed by atoms with Crippen molar-refractivity contribution in [3.63, 3.8) is 0 Å². The van der Waals surface area contributed by atoms with E-state index in [4.69, 9.17) is 9.72 Å². The predicted octanol–water partition coefficient (Wildman–Crippen LogP) is 5.21. The van der Waals surface area contributed by atoms with Crippen LogP contribution in [-0.2, 0) is 0 Å². The summed E-state index contributed by atoms with van der Waals surface area (Å²) in [6.07, 6.45) is 8.98. The molecule has 5 aromatic heterocycles. The zero-order valence-electron chi connectivity index (χ0n) is 20.8. The van der Waals surface area contributed by atoms with Crippen LogP contribution in [-0.4, -0.2) is 54.4 Å². The van der Waals surface area contributed by atoms with Gasteiger partial charge in [-0.3, -0.25) is 15.1 Å². The van der Waals surface area contributed by atoms with E-state index in [1.807, 2.05) is 24.3 Å². The van der Waals surface area contributed by atoms with Gasteiger partial charge >= 0.3 is 0 Å². The van der Waals surface area contributed by atoms with Crippen molar-refractivity contribution in [3.8, 4) is 45.3 Å². The van der Waals surface area contributed by atoms with E-state index in [1.165, 1.54) is 12.1 Å². The third kappa shape index (κ3) is 4.44. The molecule has 0 radical (unpaired) electrons. The number of ether oxygens (including phenoxy) is 1. The first-order valence-electron chi connectivity index (χ1n) is 12.8. The SMILES string of the molecule is Oc1cc(F)cc(-c2cncc3[nH]c(-c4n[nH]c5ccc(-c6cncc(OC7CCNCC7)c6)nc45)cc23)c1. The van der Waals surface area contributed by atoms with Crippen molar-refractivity contribution in [2.45, 2.75) is 18.9 Å². The molecule has 0 unspecified atom stereocenters. The predicted molar refractivity (Wildman–Crippen MR) is 146 cm³/mol. The number of aromatic hydroxyl groups is 1. The minimum Gasteiger partial charge on any atom is -0.508 e. The van der Waals surface area contributed by atoms with Crippen molar-refractivity contribution in [1.82, 2.24) is 35.5 Å². The van der Waals surface area contributed by atoms with E-state index < -0.39 is 5.82 Å². The molecule has 0 aliphatic carbocycles. The molecule has 6 heterocycles. The molecule has 9 nitrogen and oxygen atoms in total. The number of nitrogens with one attached hydrogen (secondary N) is 3. The fourth-order valence-electron chi connectivity index (χ4n) is 5.11. The van der Waals surface area contributed by atoms with E-state index in [0.29, 0.717) is 22.3 Å². The summed E-state index contributed by atoms with van der Waals surface area (Å²) in [5.74, 6) is 0.0627. The summed E-state index contributed by atoms with van der Waals surface area (Å²) >= 11 is 0. The maximum atomic E-state index is 14.0. The third-order valence-corrected chi connectivity index (χ3v) is 7.00. The number of H-pyrrole nitrogens is 2. The quantitative estimate of drug-likeness (QED) is 0.246. The fourth-order valence-corrected chi connectivity index (χ4v) is 5.11. The molecule has 194 valence electrons. The number of phenols is 1. The van der Waals surface area contributed by atoms with Crippen LogP contribution < -0.4 is 10.1 Å². The molecule has 1 aromatic carbocycles. The molecule has 0 spiro atoms. The number of phenolic OH excluding ortho intramolecular Hbond substituents is 1. The van der Waals surface area contributed by atoms with Gasteiger partial charge < -0.3 is 20.1 Å². The van der Waals surface area contributed by atoms with Crippen molar-refractivity contribution in [2.75, 3.05) is 13.1 Å². The second kappa shape index (κ2) is 9.48. The van der Waals surface area contributed by atoms with Gasteiger partial charge in [-0.25, -0.2) is 9.37 Å². The summed E-state index contributed by atoms with van der Waals surface area (Å²) in [6.45, 7) is 1.91. The number of benzene rings is 1. The van der Waals surface area contributed by atoms with Crippen LogP contribution in [0.5, 0.6) is 11.5 Å². The number of rotatable bonds is 5. The monoisotopic (exact) mass is 521 g/mol. The van der Waals surface area contributed by atoms with Crippen molar-refractivity contribution >= 4 is 21.9 Å². The van der Waals surface area contributed by atoms with Crippen molar-refractivity contribution in [3.05, 3.63) is 73.1 Å². The van der Waals surface area contributed by atoms with E-state index in [2.05, 4.69) is 30.5 Å². The van der Waals surface area contributed by atoms with E-state index >= 15 is 0 Å². The highest BCUT2D eigenvalue weighted by atomic mass is 19.1. The lowest BCUT2D eigenvalue weighted by molar-refractivity contribution is 0.162. The van der Waals surface area contributed by atoms with E-state index in [9.17, 15) is 9.50 Å². The number of hydrogen-bond donors (Lipinski definition) is 4. The van der Waals surface area contributed by atoms with Gasteiger partial charge in [-0.15, -0.1) is 0 Å². The topological polar surface area (TPSA) is 125 Å². The molecule has 0 atom stereocenters. The number of aromatic nitrogens is 6. The van der Waals surface area contributed by atoms with Gasteiger partial charge in [-0.1, -0.05) is 0 Å². The molecule has 1 aliphatic rings. The number of pyridine rings is 3. The van der Waals surface area contributed by atoms with Crippen LogP contribution in [0.2, 0.25) is 0 Å². The minimum absolute atomic E-state index is 0.146. The van der Waals surface area contributed by atoms with Crippen molar-refractivity contribution in [2.24, 2.45) is 0 Å². The molecule has 6 aromatic rings. The largest absolute Gasteiger partial charge is 0.508 e. The normalized spacial score (nSPS) is 14.3. The van der Waals surface area contributed by atoms with Gasteiger partial charge in [0.1, 0.15) is 34.6 Å². The Kier molecular flexibility index (Phi) is 5.66. The van der Waals surface area contributed by atoms with Gasteiger partial charge in [-0.2, -0.15) is 5.10 Å². The number of piperidine rings is 1. The van der Waals surface area contributed by atoms with Gasteiger partial charge in [0, 0.05) is 35.0 Å². The van der Waals surface area contributed by atoms with Crippen molar-refractivity contribution in [1.29, 1.82) is 0 Å². The first-order chi connectivity index (χ1) is 19.1. The Morgan fingerprint density at radius 1 is 0.897 bits per heavy atom. The second-order valence-electron chi connectivity index (χ2n) is 9.67. The number of hydrogen-bond acceptors (Lipinski definition) is 7. The summed E-state index contributed by atoms with van der Waals surface area (Å²) in [5.41, 5.74) is 6.44. The second-order valence-corrected chi connectivity index (χ2v) is 9.67.